The molecule has 0 spiro atoms. The first-order valence-electron chi connectivity index (χ1n) is 11.3. The van der Waals surface area contributed by atoms with Crippen LogP contribution in [0.25, 0.3) is 0 Å². The van der Waals surface area contributed by atoms with Gasteiger partial charge >= 0.3 is 5.79 Å². The highest BCUT2D eigenvalue weighted by molar-refractivity contribution is 6.30. The highest BCUT2D eigenvalue weighted by Gasteiger charge is 2.51. The van der Waals surface area contributed by atoms with Gasteiger partial charge in [0.05, 0.1) is 28.6 Å². The van der Waals surface area contributed by atoms with Gasteiger partial charge in [-0.25, -0.2) is 0 Å². The van der Waals surface area contributed by atoms with Gasteiger partial charge in [-0.05, 0) is 39.2 Å². The van der Waals surface area contributed by atoms with Crippen LogP contribution in [0.3, 0.4) is 0 Å². The molecular weight excluding hydrogens is 450 g/mol. The number of phenolic OH excluding ortho intramolecular Hbond substituents is 1. The molecule has 1 atom stereocenters. The van der Waals surface area contributed by atoms with Gasteiger partial charge in [0.25, 0.3) is 11.7 Å². The molecule has 0 fully saturated rings. The molecule has 3 rings (SSSR count). The SMILES string of the molecule is CC=CC=C(C)C(=O)NC1=CC(=O)c2c(c(O)c(C)c3c2C(=O)C(C)(OC=CCC(C)C)O3)C1=O. The van der Waals surface area contributed by atoms with Crippen molar-refractivity contribution < 1.29 is 33.8 Å². The first-order chi connectivity index (χ1) is 16.4. The Kier molecular flexibility index (Phi) is 7.14. The highest BCUT2D eigenvalue weighted by atomic mass is 16.7. The second-order valence-electron chi connectivity index (χ2n) is 9.00. The number of hydrogen-bond acceptors (Lipinski definition) is 7. The first kappa shape index (κ1) is 25.7. The number of ketones is 3. The fourth-order valence-electron chi connectivity index (χ4n) is 3.74. The molecule has 1 amide bonds. The summed E-state index contributed by atoms with van der Waals surface area (Å²) in [5, 5.41) is 13.2. The molecule has 2 aliphatic rings. The Morgan fingerprint density at radius 1 is 1.23 bits per heavy atom. The Labute approximate surface area is 204 Å². The van der Waals surface area contributed by atoms with Crippen LogP contribution in [0.15, 0.2) is 47.9 Å². The highest BCUT2D eigenvalue weighted by Crippen LogP contribution is 2.47. The molecule has 8 nitrogen and oxygen atoms in total. The maximum absolute atomic E-state index is 13.3. The summed E-state index contributed by atoms with van der Waals surface area (Å²) in [6, 6.07) is 0. The quantitative estimate of drug-likeness (QED) is 0.336. The topological polar surface area (TPSA) is 119 Å². The van der Waals surface area contributed by atoms with Crippen molar-refractivity contribution in [1.82, 2.24) is 5.32 Å². The van der Waals surface area contributed by atoms with Gasteiger partial charge in [0, 0.05) is 24.1 Å². The van der Waals surface area contributed by atoms with Crippen molar-refractivity contribution >= 4 is 23.3 Å². The summed E-state index contributed by atoms with van der Waals surface area (Å²) in [6.07, 6.45) is 9.76. The van der Waals surface area contributed by atoms with Gasteiger partial charge in [-0.2, -0.15) is 0 Å². The fourth-order valence-corrected chi connectivity index (χ4v) is 3.74. The third-order valence-corrected chi connectivity index (χ3v) is 5.73. The van der Waals surface area contributed by atoms with Crippen LogP contribution in [0, 0.1) is 12.8 Å². The number of benzene rings is 1. The Balaban J connectivity index is 2.01. The van der Waals surface area contributed by atoms with E-state index in [1.807, 2.05) is 13.8 Å². The van der Waals surface area contributed by atoms with E-state index in [2.05, 4.69) is 5.32 Å². The molecule has 8 heteroatoms. The van der Waals surface area contributed by atoms with Gasteiger partial charge in [0.15, 0.2) is 5.78 Å². The van der Waals surface area contributed by atoms with E-state index in [-0.39, 0.29) is 33.7 Å². The van der Waals surface area contributed by atoms with E-state index in [1.54, 1.807) is 38.2 Å². The zero-order chi connectivity index (χ0) is 26.1. The summed E-state index contributed by atoms with van der Waals surface area (Å²) >= 11 is 0. The zero-order valence-electron chi connectivity index (χ0n) is 20.6. The van der Waals surface area contributed by atoms with Crippen LogP contribution in [0.5, 0.6) is 11.5 Å². The smallest absolute Gasteiger partial charge is 0.312 e. The molecule has 1 unspecified atom stereocenters. The largest absolute Gasteiger partial charge is 0.507 e. The van der Waals surface area contributed by atoms with Crippen molar-refractivity contribution in [3.05, 3.63) is 70.2 Å². The molecule has 0 bridgehead atoms. The number of allylic oxidation sites excluding steroid dienone is 6. The average molecular weight is 480 g/mol. The lowest BCUT2D eigenvalue weighted by molar-refractivity contribution is -0.116. The molecule has 0 saturated carbocycles. The number of amides is 1. The van der Waals surface area contributed by atoms with E-state index in [4.69, 9.17) is 9.47 Å². The van der Waals surface area contributed by atoms with E-state index in [9.17, 15) is 24.3 Å². The number of rotatable bonds is 7. The van der Waals surface area contributed by atoms with Crippen molar-refractivity contribution in [2.24, 2.45) is 5.92 Å². The Morgan fingerprint density at radius 3 is 2.54 bits per heavy atom. The third-order valence-electron chi connectivity index (χ3n) is 5.73. The summed E-state index contributed by atoms with van der Waals surface area (Å²) in [5.41, 5.74) is -0.613. The number of ether oxygens (including phenoxy) is 2. The van der Waals surface area contributed by atoms with Crippen LogP contribution in [0.4, 0.5) is 0 Å². The number of aromatic hydroxyl groups is 1. The standard InChI is InChI=1S/C27H29NO7/c1-7-8-11-15(4)26(33)28-17-13-18(29)19-20(23(17)31)22(30)16(5)24-21(19)25(32)27(6,35-24)34-12-9-10-14(2)3/h7-9,11-14,30H,10H2,1-6H3,(H,28,33). The number of carbonyl (C=O) groups is 4. The summed E-state index contributed by atoms with van der Waals surface area (Å²) in [6.45, 7) is 10.3. The van der Waals surface area contributed by atoms with Crippen molar-refractivity contribution in [2.45, 2.75) is 53.8 Å². The molecule has 35 heavy (non-hydrogen) atoms. The second kappa shape index (κ2) is 9.74. The Hall–Kier alpha value is -3.94. The lowest BCUT2D eigenvalue weighted by atomic mass is 9.84. The monoisotopic (exact) mass is 479 g/mol. The zero-order valence-corrected chi connectivity index (χ0v) is 20.6. The molecule has 0 aromatic heterocycles. The minimum Gasteiger partial charge on any atom is -0.507 e. The molecule has 2 N–H and O–H groups in total. The Bertz CT molecular complexity index is 1250. The lowest BCUT2D eigenvalue weighted by Gasteiger charge is -2.21. The van der Waals surface area contributed by atoms with Crippen molar-refractivity contribution in [1.29, 1.82) is 0 Å². The van der Waals surface area contributed by atoms with Gasteiger partial charge in [-0.15, -0.1) is 0 Å². The van der Waals surface area contributed by atoms with E-state index >= 15 is 0 Å². The summed E-state index contributed by atoms with van der Waals surface area (Å²) in [4.78, 5) is 52.1. The molecule has 184 valence electrons. The van der Waals surface area contributed by atoms with Crippen LogP contribution in [0.2, 0.25) is 0 Å². The number of carbonyl (C=O) groups excluding carboxylic acids is 4. The number of fused-ring (bicyclic) bond motifs is 3. The maximum atomic E-state index is 13.3. The van der Waals surface area contributed by atoms with Gasteiger partial charge in [0.2, 0.25) is 5.78 Å². The Morgan fingerprint density at radius 2 is 1.91 bits per heavy atom. The summed E-state index contributed by atoms with van der Waals surface area (Å²) in [7, 11) is 0. The third kappa shape index (κ3) is 4.69. The van der Waals surface area contributed by atoms with Crippen LogP contribution in [-0.2, 0) is 9.53 Å². The average Bonchev–Trinajstić information content (AvgIpc) is 3.06. The summed E-state index contributed by atoms with van der Waals surface area (Å²) < 4.78 is 11.4. The molecule has 1 aromatic rings. The van der Waals surface area contributed by atoms with Gasteiger partial charge in [0.1, 0.15) is 11.5 Å². The van der Waals surface area contributed by atoms with E-state index in [0.717, 1.165) is 12.5 Å². The van der Waals surface area contributed by atoms with Crippen LogP contribution < -0.4 is 10.1 Å². The number of hydrogen-bond donors (Lipinski definition) is 2. The van der Waals surface area contributed by atoms with Crippen LogP contribution in [0.1, 0.15) is 77.7 Å². The predicted octanol–water partition coefficient (Wildman–Crippen LogP) is 4.47. The molecular formula is C27H29NO7. The first-order valence-corrected chi connectivity index (χ1v) is 11.3. The van der Waals surface area contributed by atoms with Crippen molar-refractivity contribution in [3.8, 4) is 11.5 Å². The summed E-state index contributed by atoms with van der Waals surface area (Å²) in [5.74, 6) is -4.61. The number of Topliss-reactive ketones (excluding diaryl/α,β-unsaturated/α-hetero) is 2. The second-order valence-corrected chi connectivity index (χ2v) is 9.00. The van der Waals surface area contributed by atoms with Crippen molar-refractivity contribution in [3.63, 3.8) is 0 Å². The van der Waals surface area contributed by atoms with E-state index in [1.165, 1.54) is 20.1 Å². The van der Waals surface area contributed by atoms with E-state index < -0.39 is 34.8 Å². The number of nitrogens with one attached hydrogen (secondary N) is 1. The molecule has 1 aromatic carbocycles. The molecule has 0 saturated heterocycles. The normalized spacial score (nSPS) is 19.8. The molecule has 1 aliphatic heterocycles. The van der Waals surface area contributed by atoms with Crippen molar-refractivity contribution in [2.75, 3.05) is 0 Å². The van der Waals surface area contributed by atoms with Crippen LogP contribution in [-0.4, -0.2) is 34.2 Å². The van der Waals surface area contributed by atoms with E-state index in [0.29, 0.717) is 11.5 Å². The fraction of sp³-hybridized carbons (Fsp3) is 0.333. The van der Waals surface area contributed by atoms with Crippen LogP contribution >= 0.6 is 0 Å². The van der Waals surface area contributed by atoms with Gasteiger partial charge in [-0.3, -0.25) is 19.2 Å². The predicted molar refractivity (Wildman–Crippen MR) is 129 cm³/mol. The van der Waals surface area contributed by atoms with Gasteiger partial charge in [-0.1, -0.05) is 32.1 Å². The lowest BCUT2D eigenvalue weighted by Crippen LogP contribution is -2.38. The molecule has 0 radical (unpaired) electrons. The maximum Gasteiger partial charge on any atom is 0.312 e. The molecule has 1 aliphatic carbocycles. The minimum absolute atomic E-state index is 0.0156. The number of phenols is 1. The minimum atomic E-state index is -1.77. The molecule has 1 heterocycles. The van der Waals surface area contributed by atoms with Gasteiger partial charge < -0.3 is 19.9 Å².